The topological polar surface area (TPSA) is 103 Å². The molecule has 0 radical (unpaired) electrons. The van der Waals surface area contributed by atoms with Gasteiger partial charge in [0.25, 0.3) is 0 Å². The molecule has 0 saturated carbocycles. The molecule has 0 unspecified atom stereocenters. The van der Waals surface area contributed by atoms with E-state index in [1.807, 2.05) is 0 Å². The van der Waals surface area contributed by atoms with Crippen molar-refractivity contribution in [1.29, 1.82) is 0 Å². The second-order valence-corrected chi connectivity index (χ2v) is 4.49. The second-order valence-electron chi connectivity index (χ2n) is 3.76. The van der Waals surface area contributed by atoms with Gasteiger partial charge in [-0.05, 0) is 0 Å². The van der Waals surface area contributed by atoms with Gasteiger partial charge in [0.2, 0.25) is 0 Å². The molecule has 2 rings (SSSR count). The summed E-state index contributed by atoms with van der Waals surface area (Å²) in [6, 6.07) is 10.7. The first-order valence-electron chi connectivity index (χ1n) is 6.20. The average Bonchev–Trinajstić information content (AvgIpc) is 2.72. The van der Waals surface area contributed by atoms with E-state index in [1.54, 1.807) is 0 Å². The maximum absolute atomic E-state index is 7.50. The minimum absolute atomic E-state index is 1.06. The van der Waals surface area contributed by atoms with Crippen molar-refractivity contribution in [3.63, 3.8) is 0 Å². The van der Waals surface area contributed by atoms with Crippen LogP contribution in [-0.2, 0) is 45.7 Å². The van der Waals surface area contributed by atoms with Crippen LogP contribution in [0.5, 0.6) is 0 Å². The van der Waals surface area contributed by atoms with Crippen molar-refractivity contribution in [1.82, 2.24) is 4.90 Å². The van der Waals surface area contributed by atoms with Crippen molar-refractivity contribution >= 4 is 4.50 Å². The maximum atomic E-state index is 7.50. The summed E-state index contributed by atoms with van der Waals surface area (Å²) in [5.74, 6) is 0. The molecule has 0 spiro atoms. The predicted octanol–water partition coefficient (Wildman–Crippen LogP) is 2.16. The van der Waals surface area contributed by atoms with Crippen LogP contribution in [0.2, 0.25) is 0 Å². The summed E-state index contributed by atoms with van der Waals surface area (Å²) in [6.07, 6.45) is 3.90. The number of piperidine rings is 1. The molecule has 6 nitrogen and oxygen atoms in total. The molecule has 0 bridgehead atoms. The Balaban J connectivity index is -0.000000173. The summed E-state index contributed by atoms with van der Waals surface area (Å²) in [4.78, 5) is 2.46. The Bertz CT molecular complexity index is 470. The van der Waals surface area contributed by atoms with E-state index in [1.165, 1.54) is 35.9 Å². The molecule has 1 aromatic carbocycles. The molecule has 0 aromatic heterocycles. The van der Waals surface area contributed by atoms with E-state index < -0.39 is 0 Å². The molecule has 0 atom stereocenters. The van der Waals surface area contributed by atoms with Crippen LogP contribution in [0.3, 0.4) is 0 Å². The van der Waals surface area contributed by atoms with Gasteiger partial charge in [-0.2, -0.15) is 0 Å². The quantitative estimate of drug-likeness (QED) is 0.582. The van der Waals surface area contributed by atoms with E-state index in [-0.39, 0.29) is 0 Å². The molecule has 7 heteroatoms. The first-order valence-corrected chi connectivity index (χ1v) is 6.84. The van der Waals surface area contributed by atoms with Crippen molar-refractivity contribution in [2.45, 2.75) is 25.8 Å². The van der Waals surface area contributed by atoms with Gasteiger partial charge in [0.15, 0.2) is 0 Å². The monoisotopic (exact) mass is 365 g/mol. The van der Waals surface area contributed by atoms with Crippen LogP contribution >= 0.6 is 0 Å². The fourth-order valence-electron chi connectivity index (χ4n) is 1.83. The second kappa shape index (κ2) is 29.3. The Morgan fingerprint density at radius 1 is 0.792 bits per heavy atom. The summed E-state index contributed by atoms with van der Waals surface area (Å²) in [7, 11) is 0. The number of nitrogens with zero attached hydrogens (tertiary/aromatic N) is 1. The van der Waals surface area contributed by atoms with Gasteiger partial charge >= 0.3 is 150 Å². The standard InChI is InChI=1S/C12H15N.5CO.Cr/c1-3-7-12(8-4-1)11-13-9-5-2-6-10-13;5*1-2;/h1,3-4,7-8H,2,5-6,9,11H2;;;;;;. The van der Waals surface area contributed by atoms with Crippen LogP contribution in [-0.4, -0.2) is 15.9 Å². The normalized spacial score (nSPS) is 11.2. The Morgan fingerprint density at radius 2 is 1.25 bits per heavy atom. The van der Waals surface area contributed by atoms with Gasteiger partial charge in [0, 0.05) is 0 Å². The third-order valence-electron chi connectivity index (χ3n) is 2.64. The molecule has 1 heterocycles. The summed E-state index contributed by atoms with van der Waals surface area (Å²) in [5, 5.41) is 0. The fourth-order valence-corrected chi connectivity index (χ4v) is 2.30. The SMILES string of the molecule is [C-]#[O+].[C-]#[O+].[C-]#[O+].[C-]#[O+].[C-]#[O+].[Cr]=[C]1CCCCN1Cc1ccccc1. The van der Waals surface area contributed by atoms with Gasteiger partial charge < -0.3 is 0 Å². The van der Waals surface area contributed by atoms with Crippen molar-refractivity contribution in [3.8, 4) is 0 Å². The molecule has 1 aliphatic rings. The third kappa shape index (κ3) is 16.6. The molecule has 1 aromatic rings. The molecular weight excluding hydrogens is 350 g/mol. The molecule has 1 fully saturated rings. The van der Waals surface area contributed by atoms with Gasteiger partial charge in [-0.1, -0.05) is 0 Å². The molecule has 1 aliphatic heterocycles. The number of rotatable bonds is 2. The third-order valence-corrected chi connectivity index (χ3v) is 3.36. The molecular formula is C17H15CrNO5. The van der Waals surface area contributed by atoms with Gasteiger partial charge in [-0.3, -0.25) is 0 Å². The van der Waals surface area contributed by atoms with Crippen LogP contribution in [0.25, 0.3) is 0 Å². The van der Waals surface area contributed by atoms with Gasteiger partial charge in [0.1, 0.15) is 0 Å². The van der Waals surface area contributed by atoms with E-state index in [2.05, 4.69) is 84.3 Å². The summed E-state index contributed by atoms with van der Waals surface area (Å²) >= 11 is 3.19. The first-order chi connectivity index (χ1) is 11.9. The number of benzene rings is 1. The molecule has 24 heavy (non-hydrogen) atoms. The average molecular weight is 365 g/mol. The molecule has 1 saturated heterocycles. The van der Waals surface area contributed by atoms with Crippen molar-refractivity contribution < 1.29 is 39.1 Å². The van der Waals surface area contributed by atoms with E-state index in [0.29, 0.717) is 0 Å². The zero-order valence-corrected chi connectivity index (χ0v) is 14.1. The van der Waals surface area contributed by atoms with E-state index in [4.69, 9.17) is 23.3 Å². The first kappa shape index (κ1) is 30.2. The summed E-state index contributed by atoms with van der Waals surface area (Å²) < 4.78 is 38.9. The van der Waals surface area contributed by atoms with Crippen LogP contribution < -0.4 is 0 Å². The van der Waals surface area contributed by atoms with E-state index >= 15 is 0 Å². The van der Waals surface area contributed by atoms with Crippen LogP contribution in [0.15, 0.2) is 30.3 Å². The molecule has 0 aliphatic carbocycles. The zero-order chi connectivity index (χ0) is 19.8. The summed E-state index contributed by atoms with van der Waals surface area (Å²) in [6.45, 7) is 24.8. The fraction of sp³-hybridized carbons (Fsp3) is 0.294. The van der Waals surface area contributed by atoms with Crippen LogP contribution in [0.1, 0.15) is 24.8 Å². The van der Waals surface area contributed by atoms with Gasteiger partial charge in [0.05, 0.1) is 0 Å². The number of hydrogen-bond acceptors (Lipinski definition) is 1. The predicted molar refractivity (Wildman–Crippen MR) is 75.4 cm³/mol. The van der Waals surface area contributed by atoms with Crippen LogP contribution in [0.4, 0.5) is 0 Å². The van der Waals surface area contributed by atoms with E-state index in [9.17, 15) is 0 Å². The Labute approximate surface area is 150 Å². The Morgan fingerprint density at radius 3 is 1.67 bits per heavy atom. The molecule has 0 amide bonds. The van der Waals surface area contributed by atoms with Crippen molar-refractivity contribution in [2.75, 3.05) is 6.54 Å². The Hall–Kier alpha value is -1.72. The van der Waals surface area contributed by atoms with Gasteiger partial charge in [-0.25, -0.2) is 0 Å². The summed E-state index contributed by atoms with van der Waals surface area (Å²) in [5.41, 5.74) is 1.40. The molecule has 124 valence electrons. The minimum atomic E-state index is 1.06. The van der Waals surface area contributed by atoms with Crippen molar-refractivity contribution in [2.24, 2.45) is 0 Å². The number of hydrogen-bond donors (Lipinski definition) is 0. The van der Waals surface area contributed by atoms with E-state index in [0.717, 1.165) is 6.54 Å². The van der Waals surface area contributed by atoms with Crippen LogP contribution in [0, 0.1) is 33.3 Å². The van der Waals surface area contributed by atoms with Gasteiger partial charge in [-0.15, -0.1) is 0 Å². The van der Waals surface area contributed by atoms with Crippen molar-refractivity contribution in [3.05, 3.63) is 69.1 Å². The Kier molecular flexibility index (Phi) is 36.9. The zero-order valence-electron chi connectivity index (χ0n) is 12.8. The molecule has 0 N–H and O–H groups in total. The number of likely N-dealkylation sites (tertiary alicyclic amines) is 1.